The van der Waals surface area contributed by atoms with Crippen LogP contribution in [-0.4, -0.2) is 90.8 Å². The molecule has 0 spiro atoms. The highest BCUT2D eigenvalue weighted by Crippen LogP contribution is 2.75. The van der Waals surface area contributed by atoms with Crippen LogP contribution in [0.15, 0.2) is 58.4 Å². The summed E-state index contributed by atoms with van der Waals surface area (Å²) < 4.78 is 11.6. The molecule has 13 unspecified atom stereocenters. The molecule has 0 bridgehead atoms. The number of rotatable bonds is 12. The molecule has 1 aromatic carbocycles. The highest BCUT2D eigenvalue weighted by Gasteiger charge is 2.73. The molecule has 4 N–H and O–H groups in total. The molecular formula is C52H74N3O6+. The van der Waals surface area contributed by atoms with E-state index < -0.39 is 23.0 Å². The van der Waals surface area contributed by atoms with Gasteiger partial charge in [0.05, 0.1) is 30.3 Å². The van der Waals surface area contributed by atoms with Crippen molar-refractivity contribution >= 4 is 17.3 Å². The number of hydrogen-bond donors (Lipinski definition) is 4. The Morgan fingerprint density at radius 1 is 1.03 bits per heavy atom. The van der Waals surface area contributed by atoms with Crippen LogP contribution in [0.5, 0.6) is 0 Å². The van der Waals surface area contributed by atoms with Crippen LogP contribution in [0, 0.1) is 52.3 Å². The molecule has 4 aliphatic carbocycles. The van der Waals surface area contributed by atoms with E-state index in [0.717, 1.165) is 81.6 Å². The molecule has 9 heteroatoms. The molecule has 0 aromatic heterocycles. The van der Waals surface area contributed by atoms with Gasteiger partial charge in [-0.25, -0.2) is 0 Å². The van der Waals surface area contributed by atoms with E-state index in [0.29, 0.717) is 37.5 Å². The summed E-state index contributed by atoms with van der Waals surface area (Å²) in [7, 11) is 1.97. The van der Waals surface area contributed by atoms with E-state index in [-0.39, 0.29) is 58.0 Å². The lowest BCUT2D eigenvalue weighted by molar-refractivity contribution is -0.856. The maximum absolute atomic E-state index is 14.9. The Morgan fingerprint density at radius 2 is 1.77 bits per heavy atom. The minimum absolute atomic E-state index is 0.0445. The molecule has 4 aliphatic heterocycles. The molecule has 3 saturated carbocycles. The minimum Gasteiger partial charge on any atom is -0.392 e. The number of allylic oxidation sites excluding steroid dienone is 1. The third kappa shape index (κ3) is 6.88. The summed E-state index contributed by atoms with van der Waals surface area (Å²) in [6.07, 6.45) is 12.6. The van der Waals surface area contributed by atoms with Crippen molar-refractivity contribution < 1.29 is 34.2 Å². The number of carbonyl (C=O) groups is 2. The lowest BCUT2D eigenvalue weighted by Gasteiger charge is -2.70. The number of carbonyl (C=O) groups excluding carboxylic acids is 2. The van der Waals surface area contributed by atoms with Gasteiger partial charge in [-0.1, -0.05) is 58.4 Å². The van der Waals surface area contributed by atoms with Gasteiger partial charge < -0.3 is 25.0 Å². The van der Waals surface area contributed by atoms with Crippen LogP contribution >= 0.6 is 0 Å². The fraction of sp³-hybridized carbons (Fsp3) is 0.712. The maximum Gasteiger partial charge on any atom is 0.160 e. The third-order valence-corrected chi connectivity index (χ3v) is 18.5. The van der Waals surface area contributed by atoms with Gasteiger partial charge in [-0.05, 0) is 142 Å². The number of aryl methyl sites for hydroxylation is 1. The predicted octanol–water partition coefficient (Wildman–Crippen LogP) is 6.40. The summed E-state index contributed by atoms with van der Waals surface area (Å²) in [5.74, 6) is 0.637. The lowest BCUT2D eigenvalue weighted by atomic mass is 9.34. The zero-order valence-corrected chi connectivity index (χ0v) is 38.5. The van der Waals surface area contributed by atoms with Crippen LogP contribution < -0.4 is 10.2 Å². The fourth-order valence-electron chi connectivity index (χ4n) is 15.3. The number of hydrogen-bond acceptors (Lipinski definition) is 8. The first kappa shape index (κ1) is 43.5. The van der Waals surface area contributed by atoms with Gasteiger partial charge in [-0.2, -0.15) is 0 Å². The molecule has 2 saturated heterocycles. The smallest absolute Gasteiger partial charge is 0.160 e. The van der Waals surface area contributed by atoms with Gasteiger partial charge in [0.1, 0.15) is 23.8 Å². The zero-order valence-electron chi connectivity index (χ0n) is 38.5. The standard InChI is InChI=1S/C52H73N3O6/c1-30-22-32(25-34(23-30)33-13-20-60-21-14-33)26-35-28-55(37-12-18-54-44(35)37)29-36-43-42(31(2)24-38(56)47-48(3,4)61-47)39(57)27-52(43,8)51(7)16-10-40-49(5,17-19-53-9)41(58)11-15-50(40,6)46(51)45(36)59/h12,18,22-23,25,28,31,33,36-38,40,45-47,53,56,59H,10-11,13-17,19-21,24,26-27,29H2,1-9H3/p+1. The fourth-order valence-corrected chi connectivity index (χ4v) is 15.3. The molecular weight excluding hydrogens is 763 g/mol. The van der Waals surface area contributed by atoms with E-state index in [9.17, 15) is 19.8 Å². The molecule has 61 heavy (non-hydrogen) atoms. The monoisotopic (exact) mass is 837 g/mol. The second-order valence-corrected chi connectivity index (χ2v) is 22.5. The third-order valence-electron chi connectivity index (χ3n) is 18.5. The van der Waals surface area contributed by atoms with Crippen LogP contribution in [0.4, 0.5) is 0 Å². The number of nitrogens with one attached hydrogen (secondary N) is 2. The molecule has 13 atom stereocenters. The highest BCUT2D eigenvalue weighted by atomic mass is 16.6. The van der Waals surface area contributed by atoms with Crippen molar-refractivity contribution in [2.24, 2.45) is 50.3 Å². The number of Topliss-reactive ketones (excluding diaryl/α,β-unsaturated/α-hetero) is 2. The van der Waals surface area contributed by atoms with E-state index in [4.69, 9.17) is 14.5 Å². The number of quaternary nitrogens is 1. The van der Waals surface area contributed by atoms with E-state index >= 15 is 0 Å². The summed E-state index contributed by atoms with van der Waals surface area (Å²) in [6, 6.07) is 7.12. The Bertz CT molecular complexity index is 2080. The Hall–Kier alpha value is -2.79. The summed E-state index contributed by atoms with van der Waals surface area (Å²) >= 11 is 0. The molecule has 0 radical (unpaired) electrons. The van der Waals surface area contributed by atoms with E-state index in [1.54, 1.807) is 0 Å². The van der Waals surface area contributed by atoms with Gasteiger partial charge in [0.25, 0.3) is 0 Å². The Labute approximate surface area is 364 Å². The van der Waals surface area contributed by atoms with Crippen molar-refractivity contribution in [3.8, 4) is 0 Å². The number of benzene rings is 1. The van der Waals surface area contributed by atoms with Crippen molar-refractivity contribution in [3.05, 3.63) is 70.1 Å². The van der Waals surface area contributed by atoms with Gasteiger partial charge in [-0.3, -0.25) is 19.5 Å². The lowest BCUT2D eigenvalue weighted by Crippen LogP contribution is -3.11. The second-order valence-electron chi connectivity index (χ2n) is 22.5. The molecule has 9 rings (SSSR count). The van der Waals surface area contributed by atoms with E-state index in [2.05, 4.69) is 77.3 Å². The summed E-state index contributed by atoms with van der Waals surface area (Å²) in [6.45, 7) is 20.7. The quantitative estimate of drug-likeness (QED) is 0.180. The number of ether oxygens (including phenoxy) is 2. The van der Waals surface area contributed by atoms with Crippen molar-refractivity contribution in [3.63, 3.8) is 0 Å². The molecule has 5 fully saturated rings. The van der Waals surface area contributed by atoms with Gasteiger partial charge in [-0.15, -0.1) is 0 Å². The minimum atomic E-state index is -0.708. The first-order valence-electron chi connectivity index (χ1n) is 23.8. The van der Waals surface area contributed by atoms with E-state index in [1.165, 1.54) is 27.2 Å². The van der Waals surface area contributed by atoms with Gasteiger partial charge in [0, 0.05) is 55.1 Å². The van der Waals surface area contributed by atoms with Crippen LogP contribution in [0.25, 0.3) is 0 Å². The summed E-state index contributed by atoms with van der Waals surface area (Å²) in [5.41, 5.74) is 6.36. The second kappa shape index (κ2) is 15.4. The molecule has 0 amide bonds. The van der Waals surface area contributed by atoms with Crippen molar-refractivity contribution in [1.82, 2.24) is 5.32 Å². The Morgan fingerprint density at radius 3 is 2.48 bits per heavy atom. The average Bonchev–Trinajstić information content (AvgIpc) is 3.49. The topological polar surface area (TPSA) is 125 Å². The molecule has 8 aliphatic rings. The van der Waals surface area contributed by atoms with Gasteiger partial charge in [0.15, 0.2) is 11.8 Å². The SMILES string of the molecule is CNCCC1(C)C(=O)CCC2(C)C1CCC1(C)C2C(O)C(C[NH+]2C=C(Cc3cc(C)cc(C4CCOCC4)c3)C3=NC=CC32)C2=C(C(C)CC(O)C3OC3(C)C)C(=O)CC21C. The largest absolute Gasteiger partial charge is 0.392 e. The molecule has 332 valence electrons. The first-order valence-corrected chi connectivity index (χ1v) is 23.8. The predicted molar refractivity (Wildman–Crippen MR) is 238 cm³/mol. The number of aliphatic hydroxyl groups excluding tert-OH is 2. The highest BCUT2D eigenvalue weighted by molar-refractivity contribution is 6.07. The maximum atomic E-state index is 14.9. The zero-order chi connectivity index (χ0) is 43.4. The molecule has 1 aromatic rings. The Balaban J connectivity index is 1.11. The van der Waals surface area contributed by atoms with Crippen LogP contribution in [0.2, 0.25) is 0 Å². The van der Waals surface area contributed by atoms with Gasteiger partial charge >= 0.3 is 0 Å². The number of epoxide rings is 1. The van der Waals surface area contributed by atoms with Crippen molar-refractivity contribution in [2.75, 3.05) is 33.4 Å². The van der Waals surface area contributed by atoms with Crippen molar-refractivity contribution in [2.45, 2.75) is 155 Å². The summed E-state index contributed by atoms with van der Waals surface area (Å²) in [5, 5.41) is 28.3. The summed E-state index contributed by atoms with van der Waals surface area (Å²) in [4.78, 5) is 35.1. The van der Waals surface area contributed by atoms with Crippen LogP contribution in [-0.2, 0) is 25.5 Å². The normalized spacial score (nSPS) is 41.2. The number of fused-ring (bicyclic) bond motifs is 6. The first-order chi connectivity index (χ1) is 28.9. The molecule has 4 heterocycles. The van der Waals surface area contributed by atoms with Crippen LogP contribution in [0.3, 0.4) is 0 Å². The number of aliphatic hydroxyl groups is 2. The molecule has 9 nitrogen and oxygen atoms in total. The number of ketones is 2. The van der Waals surface area contributed by atoms with Gasteiger partial charge in [0.2, 0.25) is 0 Å². The average molecular weight is 837 g/mol. The van der Waals surface area contributed by atoms with Crippen molar-refractivity contribution in [1.29, 1.82) is 0 Å². The Kier molecular flexibility index (Phi) is 11.0. The number of nitrogens with zero attached hydrogens (tertiary/aromatic N) is 1. The van der Waals surface area contributed by atoms with E-state index in [1.807, 2.05) is 27.1 Å². The number of aliphatic imine (C=N–C) groups is 1. The van der Waals surface area contributed by atoms with Crippen LogP contribution in [0.1, 0.15) is 129 Å².